The Morgan fingerprint density at radius 1 is 1.40 bits per heavy atom. The van der Waals surface area contributed by atoms with Crippen molar-refractivity contribution >= 4 is 29.0 Å². The molecule has 6 heteroatoms. The quantitative estimate of drug-likeness (QED) is 0.229. The third-order valence-corrected chi connectivity index (χ3v) is 2.19. The summed E-state index contributed by atoms with van der Waals surface area (Å²) in [6.07, 6.45) is 1.02. The van der Waals surface area contributed by atoms with Crippen LogP contribution in [0.5, 0.6) is 0 Å². The number of benzene rings is 1. The second kappa shape index (κ2) is 6.51. The Balaban J connectivity index is 0.00000196. The van der Waals surface area contributed by atoms with Crippen LogP contribution in [0.3, 0.4) is 0 Å². The Kier molecular flexibility index (Phi) is 6.48. The van der Waals surface area contributed by atoms with Crippen molar-refractivity contribution in [3.63, 3.8) is 0 Å². The first-order valence-electron chi connectivity index (χ1n) is 3.54. The summed E-state index contributed by atoms with van der Waals surface area (Å²) in [4.78, 5) is 11.2. The second-order valence-corrected chi connectivity index (χ2v) is 3.17. The summed E-state index contributed by atoms with van der Waals surface area (Å²) < 4.78 is 12.9. The van der Waals surface area contributed by atoms with Crippen molar-refractivity contribution in [1.82, 2.24) is 0 Å². The third-order valence-electron chi connectivity index (χ3n) is 1.51. The molecule has 0 unspecified atom stereocenters. The predicted octanol–water partition coefficient (Wildman–Crippen LogP) is -0.807. The van der Waals surface area contributed by atoms with Crippen LogP contribution in [0.25, 0.3) is 0 Å². The molecule has 0 amide bonds. The van der Waals surface area contributed by atoms with Crippen molar-refractivity contribution in [3.8, 4) is 0 Å². The van der Waals surface area contributed by atoms with Gasteiger partial charge in [0.15, 0.2) is 5.78 Å². The maximum atomic E-state index is 12.9. The number of hydrogen-bond acceptors (Lipinski definition) is 2. The fourth-order valence-electron chi connectivity index (χ4n) is 0.898. The Morgan fingerprint density at radius 3 is 2.53 bits per heavy atom. The Labute approximate surface area is 118 Å². The molecule has 0 aromatic heterocycles. The standard InChI is InChI=1S/C9H5Cl2FO2.Na/c10-5-1-2-6(12)9(11)8(5)7(14)3-4-13;/h1-4,13H;/q;+1/p-1. The molecule has 15 heavy (non-hydrogen) atoms. The minimum absolute atomic E-state index is 0. The molecule has 0 N–H and O–H groups in total. The number of rotatable bonds is 2. The molecule has 1 aromatic carbocycles. The predicted molar refractivity (Wildman–Crippen MR) is 49.9 cm³/mol. The van der Waals surface area contributed by atoms with Crippen LogP contribution < -0.4 is 34.7 Å². The molecule has 0 heterocycles. The van der Waals surface area contributed by atoms with Crippen LogP contribution in [0.2, 0.25) is 10.0 Å². The summed E-state index contributed by atoms with van der Waals surface area (Å²) in [6, 6.07) is 2.25. The van der Waals surface area contributed by atoms with E-state index in [4.69, 9.17) is 23.2 Å². The third kappa shape index (κ3) is 3.47. The fraction of sp³-hybridized carbons (Fsp3) is 0. The van der Waals surface area contributed by atoms with E-state index in [9.17, 15) is 14.3 Å². The van der Waals surface area contributed by atoms with Gasteiger partial charge < -0.3 is 5.11 Å². The van der Waals surface area contributed by atoms with Crippen molar-refractivity contribution in [1.29, 1.82) is 0 Å². The zero-order valence-corrected chi connectivity index (χ0v) is 11.3. The number of hydrogen-bond donors (Lipinski definition) is 0. The molecule has 0 bridgehead atoms. The average molecular weight is 257 g/mol. The van der Waals surface area contributed by atoms with E-state index in [1.54, 1.807) is 0 Å². The van der Waals surface area contributed by atoms with Crippen molar-refractivity contribution in [2.24, 2.45) is 0 Å². The molecular formula is C9H4Cl2FNaO2. The zero-order chi connectivity index (χ0) is 10.7. The maximum absolute atomic E-state index is 12.9. The van der Waals surface area contributed by atoms with E-state index in [-0.39, 0.29) is 45.2 Å². The molecule has 1 aromatic rings. The first kappa shape index (κ1) is 14.9. The minimum atomic E-state index is -0.751. The van der Waals surface area contributed by atoms with Crippen LogP contribution in [-0.4, -0.2) is 5.78 Å². The largest absolute Gasteiger partial charge is 1.00 e. The van der Waals surface area contributed by atoms with Crippen LogP contribution in [0.1, 0.15) is 10.4 Å². The van der Waals surface area contributed by atoms with Crippen LogP contribution in [0.4, 0.5) is 4.39 Å². The van der Waals surface area contributed by atoms with Crippen LogP contribution in [0, 0.1) is 5.82 Å². The number of allylic oxidation sites excluding steroid dienone is 1. The van der Waals surface area contributed by atoms with Gasteiger partial charge in [0, 0.05) is 0 Å². The van der Waals surface area contributed by atoms with Gasteiger partial charge in [0.1, 0.15) is 5.82 Å². The Hall–Kier alpha value is -0.0600. The van der Waals surface area contributed by atoms with E-state index in [1.807, 2.05) is 0 Å². The average Bonchev–Trinajstić information content (AvgIpc) is 2.13. The van der Waals surface area contributed by atoms with E-state index < -0.39 is 11.6 Å². The number of carbonyl (C=O) groups is 1. The van der Waals surface area contributed by atoms with Gasteiger partial charge >= 0.3 is 29.6 Å². The van der Waals surface area contributed by atoms with Crippen LogP contribution in [-0.2, 0) is 0 Å². The topological polar surface area (TPSA) is 40.1 Å². The molecule has 1 rings (SSSR count). The number of halogens is 3. The molecule has 0 aliphatic heterocycles. The second-order valence-electron chi connectivity index (χ2n) is 2.39. The van der Waals surface area contributed by atoms with Crippen molar-refractivity contribution < 1.29 is 43.8 Å². The molecule has 0 radical (unpaired) electrons. The Bertz CT molecular complexity index is 407. The summed E-state index contributed by atoms with van der Waals surface area (Å²) in [7, 11) is 0. The van der Waals surface area contributed by atoms with Gasteiger partial charge in [-0.3, -0.25) is 4.79 Å². The summed E-state index contributed by atoms with van der Waals surface area (Å²) in [5, 5.41) is 9.68. The molecule has 0 saturated heterocycles. The number of carbonyl (C=O) groups excluding carboxylic acids is 1. The van der Waals surface area contributed by atoms with E-state index in [0.717, 1.165) is 12.1 Å². The summed E-state index contributed by atoms with van der Waals surface area (Å²) >= 11 is 11.1. The maximum Gasteiger partial charge on any atom is 1.00 e. The van der Waals surface area contributed by atoms with E-state index in [0.29, 0.717) is 6.26 Å². The van der Waals surface area contributed by atoms with E-state index >= 15 is 0 Å². The van der Waals surface area contributed by atoms with Gasteiger partial charge in [0.05, 0.1) is 15.6 Å². The molecule has 2 nitrogen and oxygen atoms in total. The SMILES string of the molecule is O=C(C=C[O-])c1c(Cl)ccc(F)c1Cl.[Na+]. The minimum Gasteiger partial charge on any atom is -0.878 e. The van der Waals surface area contributed by atoms with Gasteiger partial charge in [0.2, 0.25) is 0 Å². The van der Waals surface area contributed by atoms with Gasteiger partial charge in [-0.05, 0) is 18.2 Å². The van der Waals surface area contributed by atoms with E-state index in [2.05, 4.69) is 0 Å². The molecular weight excluding hydrogens is 253 g/mol. The molecule has 74 valence electrons. The van der Waals surface area contributed by atoms with Crippen molar-refractivity contribution in [2.75, 3.05) is 0 Å². The molecule has 0 atom stereocenters. The summed E-state index contributed by atoms with van der Waals surface area (Å²) in [5.41, 5.74) is -0.194. The van der Waals surface area contributed by atoms with E-state index in [1.165, 1.54) is 6.07 Å². The molecule has 0 aliphatic carbocycles. The van der Waals surface area contributed by atoms with Gasteiger partial charge in [-0.15, -0.1) is 6.26 Å². The molecule has 0 aliphatic rings. The first-order valence-corrected chi connectivity index (χ1v) is 4.30. The van der Waals surface area contributed by atoms with Gasteiger partial charge in [-0.1, -0.05) is 23.2 Å². The molecule has 0 saturated carbocycles. The van der Waals surface area contributed by atoms with Crippen LogP contribution in [0.15, 0.2) is 24.5 Å². The number of ketones is 1. The molecule has 0 fully saturated rings. The Morgan fingerprint density at radius 2 is 2.00 bits per heavy atom. The molecule has 0 spiro atoms. The monoisotopic (exact) mass is 256 g/mol. The van der Waals surface area contributed by atoms with Crippen LogP contribution >= 0.6 is 23.2 Å². The first-order chi connectivity index (χ1) is 6.57. The summed E-state index contributed by atoms with van der Waals surface area (Å²) in [6.45, 7) is 0. The normalized spacial score (nSPS) is 10.1. The van der Waals surface area contributed by atoms with Gasteiger partial charge in [0.25, 0.3) is 0 Å². The van der Waals surface area contributed by atoms with Crippen molar-refractivity contribution in [2.45, 2.75) is 0 Å². The zero-order valence-electron chi connectivity index (χ0n) is 7.76. The summed E-state index contributed by atoms with van der Waals surface area (Å²) in [5.74, 6) is -1.46. The fourth-order valence-corrected chi connectivity index (χ4v) is 1.45. The van der Waals surface area contributed by atoms with Gasteiger partial charge in [-0.25, -0.2) is 4.39 Å². The van der Waals surface area contributed by atoms with Crippen molar-refractivity contribution in [3.05, 3.63) is 45.9 Å². The smallest absolute Gasteiger partial charge is 0.878 e. The van der Waals surface area contributed by atoms with Gasteiger partial charge in [-0.2, -0.15) is 0 Å².